The van der Waals surface area contributed by atoms with Crippen molar-refractivity contribution in [2.24, 2.45) is 10.2 Å². The van der Waals surface area contributed by atoms with E-state index in [1.54, 1.807) is 0 Å². The minimum absolute atomic E-state index is 0.0476. The fraction of sp³-hybridized carbons (Fsp3) is 0.125. The summed E-state index contributed by atoms with van der Waals surface area (Å²) in [6, 6.07) is 11.5. The first-order chi connectivity index (χ1) is 11.3. The van der Waals surface area contributed by atoms with E-state index in [1.807, 2.05) is 24.3 Å². The lowest BCUT2D eigenvalue weighted by atomic mass is 10.1. The van der Waals surface area contributed by atoms with Gasteiger partial charge in [-0.3, -0.25) is 4.79 Å². The normalized spacial score (nSPS) is 11.6. The zero-order valence-corrected chi connectivity index (χ0v) is 14.4. The number of hydrogen-bond acceptors (Lipinski definition) is 4. The van der Waals surface area contributed by atoms with E-state index in [4.69, 9.17) is 16.7 Å². The molecule has 0 atom stereocenters. The molecule has 0 unspecified atom stereocenters. The van der Waals surface area contributed by atoms with Crippen LogP contribution in [0.5, 0.6) is 0 Å². The van der Waals surface area contributed by atoms with Crippen LogP contribution >= 0.6 is 11.6 Å². The van der Waals surface area contributed by atoms with Gasteiger partial charge in [-0.1, -0.05) is 42.8 Å². The molecule has 0 bridgehead atoms. The average Bonchev–Trinajstić information content (AvgIpc) is 2.54. The molecular formula is C16H16ClN3O3S. The first kappa shape index (κ1) is 18.1. The van der Waals surface area contributed by atoms with Crippen molar-refractivity contribution < 1.29 is 13.2 Å². The van der Waals surface area contributed by atoms with E-state index >= 15 is 0 Å². The molecule has 3 N–H and O–H groups in total. The van der Waals surface area contributed by atoms with Crippen molar-refractivity contribution in [3.05, 3.63) is 64.2 Å². The Morgan fingerprint density at radius 3 is 2.50 bits per heavy atom. The van der Waals surface area contributed by atoms with Gasteiger partial charge in [-0.15, -0.1) is 0 Å². The Bertz CT molecular complexity index is 878. The number of carbonyl (C=O) groups excluding carboxylic acids is 1. The Balaban J connectivity index is 2.11. The number of sulfonamides is 1. The second-order valence-corrected chi connectivity index (χ2v) is 6.92. The maximum absolute atomic E-state index is 12.0. The Morgan fingerprint density at radius 2 is 1.92 bits per heavy atom. The van der Waals surface area contributed by atoms with Crippen LogP contribution in [0.25, 0.3) is 0 Å². The first-order valence-electron chi connectivity index (χ1n) is 7.06. The van der Waals surface area contributed by atoms with Crippen LogP contribution in [0.4, 0.5) is 0 Å². The molecule has 0 spiro atoms. The third-order valence-electron chi connectivity index (χ3n) is 3.27. The number of halogens is 1. The minimum Gasteiger partial charge on any atom is -0.267 e. The predicted molar refractivity (Wildman–Crippen MR) is 93.7 cm³/mol. The van der Waals surface area contributed by atoms with Crippen molar-refractivity contribution in [3.63, 3.8) is 0 Å². The number of rotatable bonds is 5. The number of aryl methyl sites for hydroxylation is 1. The maximum atomic E-state index is 12.0. The Hall–Kier alpha value is -2.22. The van der Waals surface area contributed by atoms with Crippen LogP contribution in [0.15, 0.2) is 52.5 Å². The van der Waals surface area contributed by atoms with Gasteiger partial charge in [-0.05, 0) is 35.7 Å². The molecule has 2 aromatic rings. The van der Waals surface area contributed by atoms with Crippen LogP contribution in [0, 0.1) is 0 Å². The van der Waals surface area contributed by atoms with Gasteiger partial charge in [0.25, 0.3) is 5.91 Å². The third-order valence-corrected chi connectivity index (χ3v) is 4.66. The summed E-state index contributed by atoms with van der Waals surface area (Å²) in [5.74, 6) is -0.571. The molecule has 126 valence electrons. The summed E-state index contributed by atoms with van der Waals surface area (Å²) in [4.78, 5) is 11.7. The summed E-state index contributed by atoms with van der Waals surface area (Å²) in [6.45, 7) is 2.06. The lowest BCUT2D eigenvalue weighted by molar-refractivity contribution is 0.0955. The molecule has 0 saturated carbocycles. The quantitative estimate of drug-likeness (QED) is 0.627. The van der Waals surface area contributed by atoms with E-state index < -0.39 is 15.9 Å². The molecular weight excluding hydrogens is 350 g/mol. The molecule has 0 aliphatic rings. The Labute approximate surface area is 145 Å². The van der Waals surface area contributed by atoms with Crippen LogP contribution in [0.3, 0.4) is 0 Å². The van der Waals surface area contributed by atoms with Gasteiger partial charge in [0.05, 0.1) is 11.2 Å². The highest BCUT2D eigenvalue weighted by molar-refractivity contribution is 7.89. The fourth-order valence-corrected chi connectivity index (χ4v) is 3.00. The molecule has 0 aliphatic heterocycles. The average molecular weight is 366 g/mol. The fourth-order valence-electron chi connectivity index (χ4n) is 1.93. The number of nitrogens with one attached hydrogen (secondary N) is 1. The Kier molecular flexibility index (Phi) is 5.71. The highest BCUT2D eigenvalue weighted by atomic mass is 35.5. The van der Waals surface area contributed by atoms with E-state index in [2.05, 4.69) is 17.5 Å². The highest BCUT2D eigenvalue weighted by Gasteiger charge is 2.16. The smallest absolute Gasteiger partial charge is 0.267 e. The summed E-state index contributed by atoms with van der Waals surface area (Å²) in [5, 5.41) is 8.85. The van der Waals surface area contributed by atoms with Gasteiger partial charge in [0.15, 0.2) is 0 Å². The van der Waals surface area contributed by atoms with Crippen molar-refractivity contribution in [3.8, 4) is 0 Å². The molecule has 0 heterocycles. The standard InChI is InChI=1S/C16H16ClN3O3S/c1-2-11-3-5-12(6-4-11)10-19-20-16(21)13-7-8-14(17)15(9-13)24(18,22)23/h3-10H,2H2,1H3,(H,20,21)(H2,18,22,23)/b19-10-. The van der Waals surface area contributed by atoms with Gasteiger partial charge < -0.3 is 0 Å². The molecule has 0 aliphatic carbocycles. The third kappa shape index (κ3) is 4.64. The summed E-state index contributed by atoms with van der Waals surface area (Å²) < 4.78 is 22.8. The molecule has 1 amide bonds. The minimum atomic E-state index is -4.01. The largest absolute Gasteiger partial charge is 0.271 e. The Morgan fingerprint density at radius 1 is 1.25 bits per heavy atom. The molecule has 0 saturated heterocycles. The predicted octanol–water partition coefficient (Wildman–Crippen LogP) is 2.31. The van der Waals surface area contributed by atoms with E-state index in [0.29, 0.717) is 0 Å². The van der Waals surface area contributed by atoms with Crippen molar-refractivity contribution in [1.29, 1.82) is 0 Å². The second-order valence-electron chi connectivity index (χ2n) is 4.98. The van der Waals surface area contributed by atoms with Gasteiger partial charge in [0.1, 0.15) is 4.90 Å². The van der Waals surface area contributed by atoms with Gasteiger partial charge >= 0.3 is 0 Å². The molecule has 2 aromatic carbocycles. The van der Waals surface area contributed by atoms with Gasteiger partial charge in [0.2, 0.25) is 10.0 Å². The van der Waals surface area contributed by atoms with Crippen LogP contribution < -0.4 is 10.6 Å². The summed E-state index contributed by atoms with van der Waals surface area (Å²) in [7, 11) is -4.01. The van der Waals surface area contributed by atoms with Crippen LogP contribution in [0.2, 0.25) is 5.02 Å². The number of hydrazone groups is 1. The van der Waals surface area contributed by atoms with Gasteiger partial charge in [-0.2, -0.15) is 5.10 Å². The topological polar surface area (TPSA) is 102 Å². The summed E-state index contributed by atoms with van der Waals surface area (Å²) >= 11 is 5.77. The number of nitrogens with two attached hydrogens (primary N) is 1. The van der Waals surface area contributed by atoms with Gasteiger partial charge in [0, 0.05) is 5.56 Å². The monoisotopic (exact) mass is 365 g/mol. The van der Waals surface area contributed by atoms with E-state index in [-0.39, 0.29) is 15.5 Å². The summed E-state index contributed by atoms with van der Waals surface area (Å²) in [5.41, 5.74) is 4.44. The van der Waals surface area contributed by atoms with Crippen LogP contribution in [-0.2, 0) is 16.4 Å². The summed E-state index contributed by atoms with van der Waals surface area (Å²) in [6.07, 6.45) is 2.44. The second kappa shape index (κ2) is 7.57. The zero-order chi connectivity index (χ0) is 17.7. The number of hydrogen-bond donors (Lipinski definition) is 2. The molecule has 2 rings (SSSR count). The SMILES string of the molecule is CCc1ccc(/C=N\NC(=O)c2ccc(Cl)c(S(N)(=O)=O)c2)cc1. The lowest BCUT2D eigenvalue weighted by Gasteiger charge is -2.05. The molecule has 0 radical (unpaired) electrons. The lowest BCUT2D eigenvalue weighted by Crippen LogP contribution is -2.19. The molecule has 0 fully saturated rings. The zero-order valence-electron chi connectivity index (χ0n) is 12.9. The number of benzene rings is 2. The van der Waals surface area contributed by atoms with Crippen molar-refractivity contribution in [1.82, 2.24) is 5.43 Å². The van der Waals surface area contributed by atoms with Crippen molar-refractivity contribution in [2.45, 2.75) is 18.2 Å². The molecule has 24 heavy (non-hydrogen) atoms. The van der Waals surface area contributed by atoms with Crippen LogP contribution in [-0.4, -0.2) is 20.5 Å². The number of carbonyl (C=O) groups is 1. The number of nitrogens with zero attached hydrogens (tertiary/aromatic N) is 1. The molecule has 8 heteroatoms. The van der Waals surface area contributed by atoms with E-state index in [0.717, 1.165) is 18.1 Å². The van der Waals surface area contributed by atoms with Crippen LogP contribution in [0.1, 0.15) is 28.4 Å². The first-order valence-corrected chi connectivity index (χ1v) is 8.98. The van der Waals surface area contributed by atoms with E-state index in [1.165, 1.54) is 23.9 Å². The highest BCUT2D eigenvalue weighted by Crippen LogP contribution is 2.21. The number of primary sulfonamides is 1. The van der Waals surface area contributed by atoms with Crippen molar-refractivity contribution >= 4 is 33.7 Å². The van der Waals surface area contributed by atoms with E-state index in [9.17, 15) is 13.2 Å². The molecule has 6 nitrogen and oxygen atoms in total. The molecule has 0 aromatic heterocycles. The van der Waals surface area contributed by atoms with Gasteiger partial charge in [-0.25, -0.2) is 19.0 Å². The maximum Gasteiger partial charge on any atom is 0.271 e. The number of amides is 1. The van der Waals surface area contributed by atoms with Crippen molar-refractivity contribution in [2.75, 3.05) is 0 Å².